The molecule has 2 N–H and O–H groups in total. The van der Waals surface area contributed by atoms with E-state index in [2.05, 4.69) is 10.3 Å². The average Bonchev–Trinajstić information content (AvgIpc) is 2.91. The summed E-state index contributed by atoms with van der Waals surface area (Å²) in [5.74, 6) is -0.370. The molecule has 0 radical (unpaired) electrons. The van der Waals surface area contributed by atoms with Gasteiger partial charge in [0.15, 0.2) is 5.78 Å². The van der Waals surface area contributed by atoms with E-state index in [1.807, 2.05) is 13.8 Å². The largest absolute Gasteiger partial charge is 0.354 e. The minimum absolute atomic E-state index is 0.00303. The summed E-state index contributed by atoms with van der Waals surface area (Å²) in [7, 11) is 0. The van der Waals surface area contributed by atoms with Gasteiger partial charge in [0, 0.05) is 24.3 Å². The zero-order valence-electron chi connectivity index (χ0n) is 16.6. The molecule has 6 nitrogen and oxygen atoms in total. The van der Waals surface area contributed by atoms with Crippen LogP contribution in [0.15, 0.2) is 0 Å². The minimum atomic E-state index is -0.844. The van der Waals surface area contributed by atoms with Crippen molar-refractivity contribution in [2.75, 3.05) is 13.1 Å². The summed E-state index contributed by atoms with van der Waals surface area (Å²) in [6.07, 6.45) is 4.25. The van der Waals surface area contributed by atoms with Gasteiger partial charge in [-0.15, -0.1) is 0 Å². The molecule has 0 unspecified atom stereocenters. The van der Waals surface area contributed by atoms with Gasteiger partial charge in [-0.05, 0) is 53.0 Å². The fraction of sp³-hybridized carbons (Fsp3) is 0.650. The monoisotopic (exact) mass is 361 g/mol. The number of aromatic amines is 1. The van der Waals surface area contributed by atoms with Crippen LogP contribution < -0.4 is 5.32 Å². The molecule has 6 heteroatoms. The number of ketones is 1. The molecule has 26 heavy (non-hydrogen) atoms. The van der Waals surface area contributed by atoms with E-state index in [4.69, 9.17) is 0 Å². The highest BCUT2D eigenvalue weighted by Gasteiger charge is 2.43. The van der Waals surface area contributed by atoms with Crippen LogP contribution in [0.3, 0.4) is 0 Å². The van der Waals surface area contributed by atoms with E-state index in [-0.39, 0.29) is 17.6 Å². The van der Waals surface area contributed by atoms with Gasteiger partial charge in [0.05, 0.1) is 0 Å². The standard InChI is InChI=1S/C20H31N3O3/c1-6-23(7-2)19(26)20(11-9-8-10-12-20)22-18(25)17-13(3)16(15(5)24)14(4)21-17/h21H,6-12H2,1-5H3,(H,22,25). The molecule has 0 bridgehead atoms. The van der Waals surface area contributed by atoms with Gasteiger partial charge in [0.2, 0.25) is 5.91 Å². The Hall–Kier alpha value is -2.11. The van der Waals surface area contributed by atoms with Crippen LogP contribution in [-0.4, -0.2) is 46.1 Å². The first-order valence-electron chi connectivity index (χ1n) is 9.59. The summed E-state index contributed by atoms with van der Waals surface area (Å²) in [4.78, 5) is 42.8. The van der Waals surface area contributed by atoms with Crippen LogP contribution in [0.5, 0.6) is 0 Å². The third kappa shape index (κ3) is 3.69. The zero-order chi connectivity index (χ0) is 19.5. The van der Waals surface area contributed by atoms with Gasteiger partial charge in [-0.3, -0.25) is 14.4 Å². The van der Waals surface area contributed by atoms with Gasteiger partial charge < -0.3 is 15.2 Å². The molecule has 0 aliphatic heterocycles. The van der Waals surface area contributed by atoms with E-state index in [1.165, 1.54) is 6.92 Å². The summed E-state index contributed by atoms with van der Waals surface area (Å²) >= 11 is 0. The number of aromatic nitrogens is 1. The Kier molecular flexibility index (Phi) is 6.26. The van der Waals surface area contributed by atoms with E-state index < -0.39 is 5.54 Å². The molecule has 0 saturated heterocycles. The van der Waals surface area contributed by atoms with Crippen molar-refractivity contribution in [3.8, 4) is 0 Å². The molecular formula is C20H31N3O3. The highest BCUT2D eigenvalue weighted by atomic mass is 16.2. The van der Waals surface area contributed by atoms with Crippen molar-refractivity contribution in [2.24, 2.45) is 0 Å². The van der Waals surface area contributed by atoms with Crippen LogP contribution >= 0.6 is 0 Å². The maximum atomic E-state index is 13.2. The lowest BCUT2D eigenvalue weighted by Crippen LogP contribution is -2.60. The molecule has 1 saturated carbocycles. The van der Waals surface area contributed by atoms with Gasteiger partial charge in [-0.1, -0.05) is 19.3 Å². The van der Waals surface area contributed by atoms with Crippen molar-refractivity contribution in [1.29, 1.82) is 0 Å². The van der Waals surface area contributed by atoms with Crippen LogP contribution in [0.2, 0.25) is 0 Å². The van der Waals surface area contributed by atoms with E-state index >= 15 is 0 Å². The number of likely N-dealkylation sites (N-methyl/N-ethyl adjacent to an activating group) is 1. The van der Waals surface area contributed by atoms with Crippen molar-refractivity contribution in [3.05, 3.63) is 22.5 Å². The molecule has 1 aromatic heterocycles. The van der Waals surface area contributed by atoms with Crippen molar-refractivity contribution >= 4 is 17.6 Å². The van der Waals surface area contributed by atoms with E-state index in [0.29, 0.717) is 48.4 Å². The smallest absolute Gasteiger partial charge is 0.268 e. The molecule has 0 aromatic carbocycles. The first-order chi connectivity index (χ1) is 12.3. The molecule has 0 spiro atoms. The highest BCUT2D eigenvalue weighted by molar-refractivity contribution is 6.04. The van der Waals surface area contributed by atoms with Gasteiger partial charge >= 0.3 is 0 Å². The van der Waals surface area contributed by atoms with Gasteiger partial charge in [-0.25, -0.2) is 0 Å². The molecular weight excluding hydrogens is 330 g/mol. The molecule has 2 amide bonds. The Balaban J connectivity index is 2.35. The van der Waals surface area contributed by atoms with Crippen LogP contribution in [0, 0.1) is 13.8 Å². The predicted molar refractivity (Wildman–Crippen MR) is 101 cm³/mol. The highest BCUT2D eigenvalue weighted by Crippen LogP contribution is 2.31. The van der Waals surface area contributed by atoms with E-state index in [9.17, 15) is 14.4 Å². The number of aryl methyl sites for hydroxylation is 1. The quantitative estimate of drug-likeness (QED) is 0.764. The van der Waals surface area contributed by atoms with E-state index in [0.717, 1.165) is 19.3 Å². The minimum Gasteiger partial charge on any atom is -0.354 e. The summed E-state index contributed by atoms with van der Waals surface area (Å²) in [5.41, 5.74) is 1.43. The Morgan fingerprint density at radius 2 is 1.65 bits per heavy atom. The van der Waals surface area contributed by atoms with Gasteiger partial charge in [-0.2, -0.15) is 0 Å². The van der Waals surface area contributed by atoms with Crippen LogP contribution in [0.25, 0.3) is 0 Å². The first-order valence-corrected chi connectivity index (χ1v) is 9.59. The Labute approximate surface area is 155 Å². The number of hydrogen-bond donors (Lipinski definition) is 2. The number of carbonyl (C=O) groups is 3. The lowest BCUT2D eigenvalue weighted by Gasteiger charge is -2.40. The molecule has 144 valence electrons. The van der Waals surface area contributed by atoms with Crippen molar-refractivity contribution in [2.45, 2.75) is 72.3 Å². The van der Waals surface area contributed by atoms with E-state index in [1.54, 1.807) is 18.7 Å². The number of nitrogens with zero attached hydrogens (tertiary/aromatic N) is 1. The number of carbonyl (C=O) groups excluding carboxylic acids is 3. The number of rotatable bonds is 6. The lowest BCUT2D eigenvalue weighted by molar-refractivity contribution is -0.139. The van der Waals surface area contributed by atoms with Crippen molar-refractivity contribution in [1.82, 2.24) is 15.2 Å². The molecule has 1 heterocycles. The fourth-order valence-corrected chi connectivity index (χ4v) is 4.15. The molecule has 1 aliphatic rings. The molecule has 2 rings (SSSR count). The Morgan fingerprint density at radius 3 is 2.12 bits per heavy atom. The van der Waals surface area contributed by atoms with Crippen molar-refractivity contribution < 1.29 is 14.4 Å². The molecule has 1 aliphatic carbocycles. The number of amides is 2. The molecule has 0 atom stereocenters. The second kappa shape index (κ2) is 8.06. The second-order valence-corrected chi connectivity index (χ2v) is 7.26. The number of nitrogens with one attached hydrogen (secondary N) is 2. The summed E-state index contributed by atoms with van der Waals surface area (Å²) < 4.78 is 0. The third-order valence-electron chi connectivity index (χ3n) is 5.54. The predicted octanol–water partition coefficient (Wildman–Crippen LogP) is 3.14. The molecule has 1 aromatic rings. The summed E-state index contributed by atoms with van der Waals surface area (Å²) in [6.45, 7) is 10.2. The topological polar surface area (TPSA) is 82.3 Å². The average molecular weight is 361 g/mol. The third-order valence-corrected chi connectivity index (χ3v) is 5.54. The second-order valence-electron chi connectivity index (χ2n) is 7.26. The fourth-order valence-electron chi connectivity index (χ4n) is 4.15. The number of hydrogen-bond acceptors (Lipinski definition) is 3. The SMILES string of the molecule is CCN(CC)C(=O)C1(NC(=O)c2[nH]c(C)c(C(C)=O)c2C)CCCCC1. The molecule has 1 fully saturated rings. The zero-order valence-corrected chi connectivity index (χ0v) is 16.6. The van der Waals surface area contributed by atoms with Crippen molar-refractivity contribution in [3.63, 3.8) is 0 Å². The summed E-state index contributed by atoms with van der Waals surface area (Å²) in [5, 5.41) is 3.05. The van der Waals surface area contributed by atoms with Crippen LogP contribution in [-0.2, 0) is 4.79 Å². The van der Waals surface area contributed by atoms with Gasteiger partial charge in [0.25, 0.3) is 5.91 Å². The first kappa shape index (κ1) is 20.2. The maximum Gasteiger partial charge on any atom is 0.268 e. The number of Topliss-reactive ketones (excluding diaryl/α,β-unsaturated/α-hetero) is 1. The Bertz CT molecular complexity index is 695. The maximum absolute atomic E-state index is 13.2. The van der Waals surface area contributed by atoms with Crippen LogP contribution in [0.4, 0.5) is 0 Å². The Morgan fingerprint density at radius 1 is 1.08 bits per heavy atom. The number of H-pyrrole nitrogens is 1. The summed E-state index contributed by atoms with van der Waals surface area (Å²) in [6, 6.07) is 0. The van der Waals surface area contributed by atoms with Gasteiger partial charge in [0.1, 0.15) is 11.2 Å². The lowest BCUT2D eigenvalue weighted by atomic mass is 9.80. The van der Waals surface area contributed by atoms with Crippen LogP contribution in [0.1, 0.15) is 85.0 Å². The normalized spacial score (nSPS) is 16.2.